The van der Waals surface area contributed by atoms with E-state index >= 15 is 0 Å². The van der Waals surface area contributed by atoms with Crippen molar-refractivity contribution in [2.24, 2.45) is 4.99 Å². The molecule has 0 aliphatic rings. The minimum atomic E-state index is 0.639. The van der Waals surface area contributed by atoms with Crippen molar-refractivity contribution in [3.05, 3.63) is 69.0 Å². The van der Waals surface area contributed by atoms with Crippen LogP contribution >= 0.6 is 34.9 Å². The lowest BCUT2D eigenvalue weighted by Crippen LogP contribution is -1.94. The molecule has 0 aliphatic heterocycles. The minimum Gasteiger partial charge on any atom is -0.411 e. The van der Waals surface area contributed by atoms with Crippen LogP contribution in [0.3, 0.4) is 0 Å². The van der Waals surface area contributed by atoms with Gasteiger partial charge in [0.1, 0.15) is 4.01 Å². The first kappa shape index (κ1) is 14.6. The maximum Gasteiger partial charge on any atom is 0.282 e. The van der Waals surface area contributed by atoms with Gasteiger partial charge in [0.05, 0.1) is 11.4 Å². The molecule has 0 radical (unpaired) electrons. The first-order chi connectivity index (χ1) is 11.2. The fourth-order valence-corrected chi connectivity index (χ4v) is 4.83. The van der Waals surface area contributed by atoms with E-state index in [4.69, 9.17) is 16.6 Å². The Labute approximate surface area is 145 Å². The Bertz CT molecular complexity index is 1100. The summed E-state index contributed by atoms with van der Waals surface area (Å²) in [6.45, 7) is 2.04. The van der Waals surface area contributed by atoms with Crippen molar-refractivity contribution in [3.63, 3.8) is 0 Å². The minimum absolute atomic E-state index is 0.639. The zero-order chi connectivity index (χ0) is 15.8. The average molecular weight is 356 g/mol. The molecule has 4 rings (SSSR count). The van der Waals surface area contributed by atoms with Crippen molar-refractivity contribution in [1.29, 1.82) is 0 Å². The van der Waals surface area contributed by atoms with Gasteiger partial charge in [0.15, 0.2) is 3.95 Å². The van der Waals surface area contributed by atoms with Crippen molar-refractivity contribution in [1.82, 2.24) is 4.57 Å². The highest BCUT2D eigenvalue weighted by Crippen LogP contribution is 2.29. The summed E-state index contributed by atoms with van der Waals surface area (Å²) in [5.41, 5.74) is 3.82. The molecule has 114 valence electrons. The Morgan fingerprint density at radius 3 is 2.52 bits per heavy atom. The maximum absolute atomic E-state index is 5.99. The lowest BCUT2D eigenvalue weighted by atomic mass is 10.2. The monoisotopic (exact) mass is 356 g/mol. The molecule has 0 fully saturated rings. The number of aryl methyl sites for hydroxylation is 1. The third-order valence-electron chi connectivity index (χ3n) is 3.45. The topological polar surface area (TPSA) is 30.4 Å². The van der Waals surface area contributed by atoms with Gasteiger partial charge in [0, 0.05) is 0 Å². The van der Waals surface area contributed by atoms with Crippen LogP contribution in [-0.2, 0) is 0 Å². The predicted molar refractivity (Wildman–Crippen MR) is 98.5 cm³/mol. The Kier molecular flexibility index (Phi) is 3.72. The molecular weight excluding hydrogens is 344 g/mol. The van der Waals surface area contributed by atoms with Gasteiger partial charge < -0.3 is 4.42 Å². The second-order valence-corrected chi connectivity index (χ2v) is 7.86. The summed E-state index contributed by atoms with van der Waals surface area (Å²) in [5, 5.41) is 0. The van der Waals surface area contributed by atoms with Gasteiger partial charge in [0.25, 0.3) is 4.87 Å². The van der Waals surface area contributed by atoms with Crippen molar-refractivity contribution >= 4 is 50.3 Å². The highest BCUT2D eigenvalue weighted by molar-refractivity contribution is 7.74. The van der Waals surface area contributed by atoms with Gasteiger partial charge >= 0.3 is 0 Å². The zero-order valence-electron chi connectivity index (χ0n) is 12.2. The van der Waals surface area contributed by atoms with Gasteiger partial charge in [-0.3, -0.25) is 4.57 Å². The van der Waals surface area contributed by atoms with Crippen LogP contribution in [0.4, 0.5) is 5.69 Å². The maximum atomic E-state index is 5.99. The van der Waals surface area contributed by atoms with E-state index in [0.29, 0.717) is 4.87 Å². The molecule has 0 atom stereocenters. The summed E-state index contributed by atoms with van der Waals surface area (Å²) in [5.74, 6) is 0. The third kappa shape index (κ3) is 2.69. The molecule has 23 heavy (non-hydrogen) atoms. The zero-order valence-corrected chi connectivity index (χ0v) is 14.7. The summed E-state index contributed by atoms with van der Waals surface area (Å²) in [4.78, 5) is 5.26. The number of hydrogen-bond acceptors (Lipinski definition) is 5. The average Bonchev–Trinajstić information content (AvgIpc) is 3.06. The number of thiazole rings is 1. The van der Waals surface area contributed by atoms with Crippen LogP contribution < -0.4 is 4.87 Å². The van der Waals surface area contributed by atoms with E-state index < -0.39 is 0 Å². The number of benzene rings is 2. The summed E-state index contributed by atoms with van der Waals surface area (Å²) >= 11 is 8.56. The smallest absolute Gasteiger partial charge is 0.282 e. The number of fused-ring (bicyclic) bond motifs is 1. The first-order valence-corrected chi connectivity index (χ1v) is 9.08. The summed E-state index contributed by atoms with van der Waals surface area (Å²) in [6, 6.07) is 18.0. The molecule has 2 aromatic heterocycles. The predicted octanol–water partition coefficient (Wildman–Crippen LogP) is 5.62. The van der Waals surface area contributed by atoms with Crippen molar-refractivity contribution in [2.75, 3.05) is 0 Å². The Morgan fingerprint density at radius 2 is 1.74 bits per heavy atom. The Hall–Kier alpha value is -2.02. The van der Waals surface area contributed by atoms with E-state index in [1.165, 1.54) is 11.3 Å². The molecule has 0 bridgehead atoms. The molecule has 2 heterocycles. The summed E-state index contributed by atoms with van der Waals surface area (Å²) in [6.07, 6.45) is 0. The molecule has 0 aliphatic carbocycles. The van der Waals surface area contributed by atoms with Crippen LogP contribution in [0.25, 0.3) is 15.4 Å². The van der Waals surface area contributed by atoms with E-state index in [1.54, 1.807) is 11.3 Å². The SMILES string of the molecule is Cc1ccccc1N=c1oc2c(s1)sc(=S)n2-c1ccccc1. The fourth-order valence-electron chi connectivity index (χ4n) is 2.31. The molecule has 0 amide bonds. The van der Waals surface area contributed by atoms with Crippen LogP contribution in [0.2, 0.25) is 0 Å². The van der Waals surface area contributed by atoms with Crippen molar-refractivity contribution in [2.45, 2.75) is 6.92 Å². The van der Waals surface area contributed by atoms with Crippen LogP contribution in [0.1, 0.15) is 5.56 Å². The molecule has 0 spiro atoms. The van der Waals surface area contributed by atoms with Crippen LogP contribution in [-0.4, -0.2) is 4.57 Å². The first-order valence-electron chi connectivity index (χ1n) is 7.03. The van der Waals surface area contributed by atoms with Crippen LogP contribution in [0, 0.1) is 10.9 Å². The molecule has 0 N–H and O–H groups in total. The standard InChI is InChI=1S/C17H12N2OS3/c1-11-7-5-6-10-13(11)18-16-20-14-15(22-16)23-17(21)19(14)12-8-3-2-4-9-12/h2-10H,1H3. The number of aromatic nitrogens is 1. The summed E-state index contributed by atoms with van der Waals surface area (Å²) in [7, 11) is 0. The largest absolute Gasteiger partial charge is 0.411 e. The van der Waals surface area contributed by atoms with Gasteiger partial charge in [-0.1, -0.05) is 59.1 Å². The Morgan fingerprint density at radius 1 is 1.00 bits per heavy atom. The van der Waals surface area contributed by atoms with Crippen LogP contribution in [0.15, 0.2) is 64.0 Å². The molecule has 4 aromatic rings. The number of hydrogen-bond donors (Lipinski definition) is 0. The van der Waals surface area contributed by atoms with E-state index in [2.05, 4.69) is 4.99 Å². The van der Waals surface area contributed by atoms with Crippen molar-refractivity contribution in [3.8, 4) is 5.69 Å². The molecule has 0 saturated carbocycles. The number of rotatable bonds is 2. The molecular formula is C17H12N2OS3. The fraction of sp³-hybridized carbons (Fsp3) is 0.0588. The third-order valence-corrected chi connectivity index (χ3v) is 5.80. The van der Waals surface area contributed by atoms with Gasteiger partial charge in [-0.15, -0.1) is 0 Å². The van der Waals surface area contributed by atoms with Crippen molar-refractivity contribution < 1.29 is 4.42 Å². The van der Waals surface area contributed by atoms with Gasteiger partial charge in [0.2, 0.25) is 5.71 Å². The number of para-hydroxylation sites is 2. The molecule has 0 saturated heterocycles. The van der Waals surface area contributed by atoms with E-state index in [1.807, 2.05) is 66.1 Å². The molecule has 6 heteroatoms. The van der Waals surface area contributed by atoms with E-state index in [9.17, 15) is 0 Å². The second kappa shape index (κ2) is 5.88. The van der Waals surface area contributed by atoms with Crippen LogP contribution in [0.5, 0.6) is 0 Å². The molecule has 2 aromatic carbocycles. The normalized spacial score (nSPS) is 12.1. The lowest BCUT2D eigenvalue weighted by Gasteiger charge is -2.00. The second-order valence-electron chi connectivity index (χ2n) is 5.00. The van der Waals surface area contributed by atoms with Gasteiger partial charge in [-0.05, 0) is 42.9 Å². The molecule has 3 nitrogen and oxygen atoms in total. The Balaban J connectivity index is 1.92. The number of nitrogens with zero attached hydrogens (tertiary/aromatic N) is 2. The quantitative estimate of drug-likeness (QED) is 0.437. The highest BCUT2D eigenvalue weighted by Gasteiger charge is 2.12. The summed E-state index contributed by atoms with van der Waals surface area (Å²) < 4.78 is 9.78. The van der Waals surface area contributed by atoms with Gasteiger partial charge in [-0.25, -0.2) is 4.99 Å². The molecule has 0 unspecified atom stereocenters. The van der Waals surface area contributed by atoms with E-state index in [0.717, 1.165) is 30.6 Å². The van der Waals surface area contributed by atoms with E-state index in [-0.39, 0.29) is 0 Å². The highest BCUT2D eigenvalue weighted by atomic mass is 32.2. The van der Waals surface area contributed by atoms with Gasteiger partial charge in [-0.2, -0.15) is 0 Å². The lowest BCUT2D eigenvalue weighted by molar-refractivity contribution is 0.551.